The van der Waals surface area contributed by atoms with Crippen LogP contribution in [0.1, 0.15) is 41.8 Å². The zero-order valence-electron chi connectivity index (χ0n) is 22.8. The first kappa shape index (κ1) is 24.5. The summed E-state index contributed by atoms with van der Waals surface area (Å²) in [5.74, 6) is 1.33. The van der Waals surface area contributed by atoms with Gasteiger partial charge in [-0.15, -0.1) is 0 Å². The van der Waals surface area contributed by atoms with Crippen LogP contribution in [-0.4, -0.2) is 32.8 Å². The summed E-state index contributed by atoms with van der Waals surface area (Å²) < 4.78 is 8.52. The Hall–Kier alpha value is -3.83. The molecule has 3 aromatic carbocycles. The summed E-state index contributed by atoms with van der Waals surface area (Å²) in [6, 6.07) is 23.9. The second kappa shape index (κ2) is 10.1. The molecule has 6 rings (SSSR count). The molecule has 2 aromatic heterocycles. The number of fused-ring (bicyclic) bond motifs is 2. The van der Waals surface area contributed by atoms with Crippen molar-refractivity contribution in [1.82, 2.24) is 19.7 Å². The molecule has 1 aliphatic rings. The van der Waals surface area contributed by atoms with Crippen molar-refractivity contribution in [3.8, 4) is 22.7 Å². The Labute approximate surface area is 225 Å². The van der Waals surface area contributed by atoms with E-state index in [1.165, 1.54) is 39.0 Å². The molecule has 0 radical (unpaired) electrons. The quantitative estimate of drug-likeness (QED) is 0.254. The number of nitrogens with one attached hydrogen (secondary N) is 1. The van der Waals surface area contributed by atoms with E-state index in [9.17, 15) is 0 Å². The van der Waals surface area contributed by atoms with Gasteiger partial charge in [-0.1, -0.05) is 56.3 Å². The van der Waals surface area contributed by atoms with Crippen LogP contribution >= 0.6 is 0 Å². The fourth-order valence-electron chi connectivity index (χ4n) is 5.53. The molecule has 0 spiro atoms. The van der Waals surface area contributed by atoms with Crippen LogP contribution in [0, 0.1) is 19.8 Å². The van der Waals surface area contributed by atoms with Gasteiger partial charge in [-0.25, -0.2) is 4.68 Å². The first-order valence-electron chi connectivity index (χ1n) is 13.7. The molecule has 5 heteroatoms. The molecule has 0 saturated heterocycles. The molecule has 0 unspecified atom stereocenters. The van der Waals surface area contributed by atoms with E-state index in [-0.39, 0.29) is 0 Å². The van der Waals surface area contributed by atoms with Gasteiger partial charge in [0.15, 0.2) is 0 Å². The largest absolute Gasteiger partial charge is 0.491 e. The van der Waals surface area contributed by atoms with Crippen LogP contribution in [-0.2, 0) is 19.5 Å². The van der Waals surface area contributed by atoms with E-state index >= 15 is 0 Å². The molecule has 5 aromatic rings. The maximum absolute atomic E-state index is 6.35. The highest BCUT2D eigenvalue weighted by Gasteiger charge is 2.28. The van der Waals surface area contributed by atoms with E-state index < -0.39 is 0 Å². The SMILES string of the molecule is Cc1ccccc1CN1CCc2nn(-c3c(C)cccc3OCC(C)C)c(-c3ccc4[nH]ccc4c3)c2C1. The van der Waals surface area contributed by atoms with Crippen LogP contribution < -0.4 is 4.74 Å². The van der Waals surface area contributed by atoms with Crippen molar-refractivity contribution in [2.75, 3.05) is 13.2 Å². The molecule has 1 aliphatic heterocycles. The Morgan fingerprint density at radius 1 is 0.974 bits per heavy atom. The minimum atomic E-state index is 0.444. The van der Waals surface area contributed by atoms with Crippen LogP contribution in [0.2, 0.25) is 0 Å². The molecule has 0 aliphatic carbocycles. The number of aromatic nitrogens is 3. The van der Waals surface area contributed by atoms with Gasteiger partial charge in [0.25, 0.3) is 0 Å². The van der Waals surface area contributed by atoms with Crippen molar-refractivity contribution in [3.63, 3.8) is 0 Å². The zero-order chi connectivity index (χ0) is 26.2. The predicted molar refractivity (Wildman–Crippen MR) is 155 cm³/mol. The number of ether oxygens (including phenoxy) is 1. The molecule has 3 heterocycles. The summed E-state index contributed by atoms with van der Waals surface area (Å²) in [6.45, 7) is 12.2. The standard InChI is InChI=1S/C33H36N4O/c1-22(2)21-38-31-11-7-9-24(4)32(31)37-33(26-12-13-29-25(18-26)14-16-34-29)28-20-36(17-15-30(28)35-37)19-27-10-6-5-8-23(27)3/h5-14,16,18,22,34H,15,17,19-21H2,1-4H3. The minimum Gasteiger partial charge on any atom is -0.491 e. The van der Waals surface area contributed by atoms with Gasteiger partial charge >= 0.3 is 0 Å². The van der Waals surface area contributed by atoms with Crippen LogP contribution in [0.25, 0.3) is 27.8 Å². The number of benzene rings is 3. The smallest absolute Gasteiger partial charge is 0.145 e. The number of rotatable bonds is 7. The molecule has 0 amide bonds. The summed E-state index contributed by atoms with van der Waals surface area (Å²) in [7, 11) is 0. The van der Waals surface area contributed by atoms with Crippen molar-refractivity contribution in [3.05, 3.63) is 101 Å². The second-order valence-electron chi connectivity index (χ2n) is 11.0. The van der Waals surface area contributed by atoms with Gasteiger partial charge in [-0.2, -0.15) is 5.10 Å². The van der Waals surface area contributed by atoms with Gasteiger partial charge in [0.05, 0.1) is 18.0 Å². The number of aryl methyl sites for hydroxylation is 2. The first-order chi connectivity index (χ1) is 18.5. The summed E-state index contributed by atoms with van der Waals surface area (Å²) in [4.78, 5) is 5.89. The fourth-order valence-corrected chi connectivity index (χ4v) is 5.53. The molecular weight excluding hydrogens is 468 g/mol. The molecule has 5 nitrogen and oxygen atoms in total. The maximum atomic E-state index is 6.35. The van der Waals surface area contributed by atoms with Gasteiger partial charge in [-0.05, 0) is 60.7 Å². The second-order valence-corrected chi connectivity index (χ2v) is 11.0. The third-order valence-electron chi connectivity index (χ3n) is 7.58. The van der Waals surface area contributed by atoms with Gasteiger partial charge < -0.3 is 9.72 Å². The number of aromatic amines is 1. The lowest BCUT2D eigenvalue weighted by Crippen LogP contribution is -2.30. The Morgan fingerprint density at radius 2 is 1.82 bits per heavy atom. The molecule has 0 fully saturated rings. The fraction of sp³-hybridized carbons (Fsp3) is 0.303. The Kier molecular flexibility index (Phi) is 6.54. The number of para-hydroxylation sites is 1. The lowest BCUT2D eigenvalue weighted by Gasteiger charge is -2.27. The minimum absolute atomic E-state index is 0.444. The Bertz CT molecular complexity index is 1590. The van der Waals surface area contributed by atoms with Gasteiger partial charge in [0.1, 0.15) is 11.4 Å². The maximum Gasteiger partial charge on any atom is 0.145 e. The molecule has 194 valence electrons. The summed E-state index contributed by atoms with van der Waals surface area (Å²) >= 11 is 0. The van der Waals surface area contributed by atoms with Crippen LogP contribution in [0.5, 0.6) is 5.75 Å². The summed E-state index contributed by atoms with van der Waals surface area (Å²) in [5.41, 5.74) is 10.9. The topological polar surface area (TPSA) is 46.1 Å². The molecule has 0 atom stereocenters. The predicted octanol–water partition coefficient (Wildman–Crippen LogP) is 7.23. The van der Waals surface area contributed by atoms with E-state index in [1.54, 1.807) is 0 Å². The molecule has 1 N–H and O–H groups in total. The van der Waals surface area contributed by atoms with E-state index in [4.69, 9.17) is 9.84 Å². The highest BCUT2D eigenvalue weighted by atomic mass is 16.5. The van der Waals surface area contributed by atoms with E-state index in [0.717, 1.165) is 48.6 Å². The van der Waals surface area contributed by atoms with Crippen molar-refractivity contribution in [2.45, 2.75) is 47.2 Å². The first-order valence-corrected chi connectivity index (χ1v) is 13.7. The number of hydrogen-bond acceptors (Lipinski definition) is 3. The number of hydrogen-bond donors (Lipinski definition) is 1. The Balaban J connectivity index is 1.48. The van der Waals surface area contributed by atoms with Crippen LogP contribution in [0.15, 0.2) is 72.9 Å². The van der Waals surface area contributed by atoms with E-state index in [1.807, 2.05) is 6.20 Å². The van der Waals surface area contributed by atoms with Crippen molar-refractivity contribution in [1.29, 1.82) is 0 Å². The van der Waals surface area contributed by atoms with Crippen LogP contribution in [0.3, 0.4) is 0 Å². The van der Waals surface area contributed by atoms with Crippen molar-refractivity contribution >= 4 is 10.9 Å². The van der Waals surface area contributed by atoms with Crippen molar-refractivity contribution in [2.24, 2.45) is 5.92 Å². The normalized spacial score (nSPS) is 13.8. The van der Waals surface area contributed by atoms with E-state index in [2.05, 4.69) is 109 Å². The number of nitrogens with zero attached hydrogens (tertiary/aromatic N) is 3. The molecule has 38 heavy (non-hydrogen) atoms. The highest BCUT2D eigenvalue weighted by Crippen LogP contribution is 2.38. The zero-order valence-corrected chi connectivity index (χ0v) is 22.8. The third kappa shape index (κ3) is 4.63. The summed E-state index contributed by atoms with van der Waals surface area (Å²) in [6.07, 6.45) is 2.94. The van der Waals surface area contributed by atoms with Crippen molar-refractivity contribution < 1.29 is 4.74 Å². The Morgan fingerprint density at radius 3 is 2.66 bits per heavy atom. The molecule has 0 bridgehead atoms. The average Bonchev–Trinajstić information content (AvgIpc) is 3.52. The highest BCUT2D eigenvalue weighted by molar-refractivity contribution is 5.85. The van der Waals surface area contributed by atoms with Gasteiger partial charge in [0.2, 0.25) is 0 Å². The molecular formula is C33H36N4O. The lowest BCUT2D eigenvalue weighted by molar-refractivity contribution is 0.244. The summed E-state index contributed by atoms with van der Waals surface area (Å²) in [5, 5.41) is 6.48. The van der Waals surface area contributed by atoms with E-state index in [0.29, 0.717) is 12.5 Å². The number of H-pyrrole nitrogens is 1. The van der Waals surface area contributed by atoms with Gasteiger partial charge in [-0.3, -0.25) is 4.90 Å². The third-order valence-corrected chi connectivity index (χ3v) is 7.58. The lowest BCUT2D eigenvalue weighted by atomic mass is 9.98. The molecule has 0 saturated carbocycles. The monoisotopic (exact) mass is 504 g/mol. The van der Waals surface area contributed by atoms with Gasteiger partial charge in [0, 0.05) is 54.3 Å². The van der Waals surface area contributed by atoms with Crippen LogP contribution in [0.4, 0.5) is 0 Å². The average molecular weight is 505 g/mol.